The highest BCUT2D eigenvalue weighted by Crippen LogP contribution is 2.15. The second kappa shape index (κ2) is 7.04. The van der Waals surface area contributed by atoms with E-state index in [1.807, 2.05) is 0 Å². The van der Waals surface area contributed by atoms with Crippen molar-refractivity contribution in [2.24, 2.45) is 5.92 Å². The third kappa shape index (κ3) is 4.72. The topological polar surface area (TPSA) is 49.4 Å². The minimum atomic E-state index is -2.93. The molecule has 1 saturated heterocycles. The zero-order valence-corrected chi connectivity index (χ0v) is 13.8. The Hall–Kier alpha value is -0.130. The summed E-state index contributed by atoms with van der Waals surface area (Å²) in [5, 5.41) is 3.31. The van der Waals surface area contributed by atoms with E-state index < -0.39 is 9.84 Å². The number of hydrogen-bond donors (Lipinski definition) is 1. The van der Waals surface area contributed by atoms with Crippen molar-refractivity contribution in [3.8, 4) is 0 Å². The van der Waals surface area contributed by atoms with E-state index in [-0.39, 0.29) is 11.0 Å². The predicted molar refractivity (Wildman–Crippen MR) is 81.2 cm³/mol. The fourth-order valence-corrected chi connectivity index (χ4v) is 3.45. The summed E-state index contributed by atoms with van der Waals surface area (Å²) in [4.78, 5) is 2.36. The van der Waals surface area contributed by atoms with Crippen LogP contribution < -0.4 is 5.32 Å². The minimum absolute atomic E-state index is 0.267. The van der Waals surface area contributed by atoms with Crippen LogP contribution in [-0.2, 0) is 9.84 Å². The van der Waals surface area contributed by atoms with Crippen LogP contribution in [0, 0.1) is 5.92 Å². The first-order chi connectivity index (χ1) is 8.77. The van der Waals surface area contributed by atoms with Crippen molar-refractivity contribution < 1.29 is 8.42 Å². The summed E-state index contributed by atoms with van der Waals surface area (Å²) in [6.45, 7) is 12.7. The van der Waals surface area contributed by atoms with Crippen LogP contribution in [0.1, 0.15) is 41.0 Å². The molecule has 1 aliphatic heterocycles. The molecule has 19 heavy (non-hydrogen) atoms. The maximum Gasteiger partial charge on any atom is 0.153 e. The summed E-state index contributed by atoms with van der Waals surface area (Å²) in [6.07, 6.45) is 1.07. The van der Waals surface area contributed by atoms with Crippen LogP contribution in [0.15, 0.2) is 0 Å². The molecule has 5 heteroatoms. The van der Waals surface area contributed by atoms with Crippen molar-refractivity contribution in [1.82, 2.24) is 10.2 Å². The van der Waals surface area contributed by atoms with Crippen molar-refractivity contribution in [3.63, 3.8) is 0 Å². The van der Waals surface area contributed by atoms with Crippen molar-refractivity contribution in [2.45, 2.75) is 58.4 Å². The highest BCUT2D eigenvalue weighted by Gasteiger charge is 2.29. The van der Waals surface area contributed by atoms with Gasteiger partial charge in [0, 0.05) is 31.7 Å². The van der Waals surface area contributed by atoms with Crippen LogP contribution in [0.3, 0.4) is 0 Å². The van der Waals surface area contributed by atoms with Gasteiger partial charge < -0.3 is 5.32 Å². The van der Waals surface area contributed by atoms with Crippen LogP contribution in [-0.4, -0.2) is 56.0 Å². The lowest BCUT2D eigenvalue weighted by Gasteiger charge is -2.41. The first kappa shape index (κ1) is 16.9. The molecule has 0 saturated carbocycles. The molecule has 0 spiro atoms. The van der Waals surface area contributed by atoms with E-state index in [1.165, 1.54) is 0 Å². The maximum atomic E-state index is 11.9. The van der Waals surface area contributed by atoms with Crippen molar-refractivity contribution in [2.75, 3.05) is 25.4 Å². The van der Waals surface area contributed by atoms with Gasteiger partial charge in [-0.15, -0.1) is 0 Å². The first-order valence-corrected chi connectivity index (χ1v) is 9.18. The molecule has 0 aromatic carbocycles. The summed E-state index contributed by atoms with van der Waals surface area (Å²) >= 11 is 0. The lowest BCUT2D eigenvalue weighted by molar-refractivity contribution is 0.117. The van der Waals surface area contributed by atoms with Crippen molar-refractivity contribution >= 4 is 9.84 Å². The first-order valence-electron chi connectivity index (χ1n) is 7.47. The van der Waals surface area contributed by atoms with Gasteiger partial charge in [0.05, 0.1) is 11.0 Å². The maximum absolute atomic E-state index is 11.9. The molecule has 0 aromatic rings. The zero-order chi connectivity index (χ0) is 14.6. The monoisotopic (exact) mass is 290 g/mol. The Bertz CT molecular complexity index is 366. The summed E-state index contributed by atoms with van der Waals surface area (Å²) in [5.41, 5.74) is 0. The number of rotatable bonds is 6. The number of piperazine rings is 1. The highest BCUT2D eigenvalue weighted by atomic mass is 32.2. The van der Waals surface area contributed by atoms with Crippen LogP contribution in [0.2, 0.25) is 0 Å². The molecule has 1 fully saturated rings. The quantitative estimate of drug-likeness (QED) is 0.806. The number of nitrogens with one attached hydrogen (secondary N) is 1. The van der Waals surface area contributed by atoms with Gasteiger partial charge in [-0.25, -0.2) is 8.42 Å². The Morgan fingerprint density at radius 2 is 1.89 bits per heavy atom. The van der Waals surface area contributed by atoms with Gasteiger partial charge in [0.1, 0.15) is 0 Å². The normalized spacial score (nSPS) is 26.3. The lowest BCUT2D eigenvalue weighted by atomic mass is 9.98. The SMILES string of the molecule is CCC1CNC(C(C)C)CN1CCS(=O)(=O)C(C)C. The van der Waals surface area contributed by atoms with Gasteiger partial charge in [-0.1, -0.05) is 20.8 Å². The number of sulfone groups is 1. The molecule has 1 aliphatic rings. The van der Waals surface area contributed by atoms with Crippen LogP contribution in [0.5, 0.6) is 0 Å². The fraction of sp³-hybridized carbons (Fsp3) is 1.00. The van der Waals surface area contributed by atoms with E-state index in [2.05, 4.69) is 31.0 Å². The summed E-state index contributed by atoms with van der Waals surface area (Å²) in [5.74, 6) is 0.869. The van der Waals surface area contributed by atoms with Gasteiger partial charge in [-0.05, 0) is 26.2 Å². The summed E-state index contributed by atoms with van der Waals surface area (Å²) < 4.78 is 23.9. The molecular weight excluding hydrogens is 260 g/mol. The molecule has 2 atom stereocenters. The molecule has 0 amide bonds. The van der Waals surface area contributed by atoms with Gasteiger partial charge in [0.15, 0.2) is 9.84 Å². The lowest BCUT2D eigenvalue weighted by Crippen LogP contribution is -2.58. The van der Waals surface area contributed by atoms with Crippen molar-refractivity contribution in [3.05, 3.63) is 0 Å². The van der Waals surface area contributed by atoms with E-state index in [9.17, 15) is 8.42 Å². The minimum Gasteiger partial charge on any atom is -0.311 e. The second-order valence-corrected chi connectivity index (χ2v) is 8.91. The van der Waals surface area contributed by atoms with Crippen LogP contribution in [0.4, 0.5) is 0 Å². The molecule has 2 unspecified atom stereocenters. The van der Waals surface area contributed by atoms with E-state index in [1.54, 1.807) is 13.8 Å². The molecule has 0 aliphatic carbocycles. The predicted octanol–water partition coefficient (Wildman–Crippen LogP) is 1.52. The van der Waals surface area contributed by atoms with E-state index in [0.29, 0.717) is 24.5 Å². The molecule has 0 radical (unpaired) electrons. The van der Waals surface area contributed by atoms with E-state index in [0.717, 1.165) is 19.5 Å². The zero-order valence-electron chi connectivity index (χ0n) is 13.0. The van der Waals surface area contributed by atoms with Crippen LogP contribution in [0.25, 0.3) is 0 Å². The average Bonchev–Trinajstić information content (AvgIpc) is 2.35. The van der Waals surface area contributed by atoms with Crippen LogP contribution >= 0.6 is 0 Å². The third-order valence-corrected chi connectivity index (χ3v) is 6.41. The highest BCUT2D eigenvalue weighted by molar-refractivity contribution is 7.92. The van der Waals surface area contributed by atoms with E-state index >= 15 is 0 Å². The molecule has 1 N–H and O–H groups in total. The van der Waals surface area contributed by atoms with Crippen molar-refractivity contribution in [1.29, 1.82) is 0 Å². The Labute approximate surface area is 118 Å². The van der Waals surface area contributed by atoms with E-state index in [4.69, 9.17) is 0 Å². The summed E-state index contributed by atoms with van der Waals surface area (Å²) in [6, 6.07) is 0.946. The Balaban J connectivity index is 2.62. The molecule has 114 valence electrons. The van der Waals surface area contributed by atoms with Gasteiger partial charge in [-0.3, -0.25) is 4.90 Å². The molecule has 1 heterocycles. The molecule has 0 aromatic heterocycles. The standard InChI is InChI=1S/C14H30N2O2S/c1-6-13-9-15-14(11(2)3)10-16(13)7-8-19(17,18)12(4)5/h11-15H,6-10H2,1-5H3. The Morgan fingerprint density at radius 1 is 1.26 bits per heavy atom. The Morgan fingerprint density at radius 3 is 2.37 bits per heavy atom. The third-order valence-electron chi connectivity index (χ3n) is 4.22. The smallest absolute Gasteiger partial charge is 0.153 e. The Kier molecular flexibility index (Phi) is 6.27. The fourth-order valence-electron chi connectivity index (χ4n) is 2.49. The van der Waals surface area contributed by atoms with Gasteiger partial charge in [-0.2, -0.15) is 0 Å². The number of nitrogens with zero attached hydrogens (tertiary/aromatic N) is 1. The largest absolute Gasteiger partial charge is 0.311 e. The molecule has 0 bridgehead atoms. The molecular formula is C14H30N2O2S. The second-order valence-electron chi connectivity index (χ2n) is 6.23. The molecule has 1 rings (SSSR count). The number of hydrogen-bond acceptors (Lipinski definition) is 4. The molecule has 4 nitrogen and oxygen atoms in total. The van der Waals surface area contributed by atoms with Gasteiger partial charge >= 0.3 is 0 Å². The van der Waals surface area contributed by atoms with Gasteiger partial charge in [0.25, 0.3) is 0 Å². The average molecular weight is 290 g/mol. The van der Waals surface area contributed by atoms with Gasteiger partial charge in [0.2, 0.25) is 0 Å². The summed E-state index contributed by atoms with van der Waals surface area (Å²) in [7, 11) is -2.93.